The first-order valence-corrected chi connectivity index (χ1v) is 9.80. The molecule has 5 nitrogen and oxygen atoms in total. The molecule has 2 aliphatic rings. The van der Waals surface area contributed by atoms with Crippen LogP contribution in [0.3, 0.4) is 0 Å². The molecule has 142 valence electrons. The van der Waals surface area contributed by atoms with E-state index >= 15 is 0 Å². The van der Waals surface area contributed by atoms with Crippen molar-refractivity contribution in [3.05, 3.63) is 35.9 Å². The standard InChI is InChI=1S/C21H31N3O2/c1-16(2)22-14-11-21(12-15-22)19(25)24(17(3)4)20(26)23(21)13-10-18-8-6-5-7-9-18/h5-9,16-17H,10-15H2,1-4H3. The minimum absolute atomic E-state index is 0.00830. The number of nitrogens with zero attached hydrogens (tertiary/aromatic N) is 3. The van der Waals surface area contributed by atoms with E-state index in [0.29, 0.717) is 12.6 Å². The number of amides is 3. The van der Waals surface area contributed by atoms with Crippen LogP contribution in [0, 0.1) is 0 Å². The highest BCUT2D eigenvalue weighted by Crippen LogP contribution is 2.38. The third-order valence-corrected chi connectivity index (χ3v) is 5.91. The Labute approximate surface area is 156 Å². The molecular formula is C21H31N3O2. The first kappa shape index (κ1) is 18.9. The summed E-state index contributed by atoms with van der Waals surface area (Å²) in [5, 5.41) is 0. The number of carbonyl (C=O) groups is 2. The van der Waals surface area contributed by atoms with E-state index in [1.807, 2.05) is 36.9 Å². The predicted octanol–water partition coefficient (Wildman–Crippen LogP) is 3.14. The SMILES string of the molecule is CC(C)N1CCC2(CC1)C(=O)N(C(C)C)C(=O)N2CCc1ccccc1. The number of hydrogen-bond acceptors (Lipinski definition) is 3. The van der Waals surface area contributed by atoms with Gasteiger partial charge in [0.25, 0.3) is 5.91 Å². The van der Waals surface area contributed by atoms with Crippen LogP contribution < -0.4 is 0 Å². The van der Waals surface area contributed by atoms with E-state index in [-0.39, 0.29) is 18.0 Å². The van der Waals surface area contributed by atoms with Crippen LogP contribution in [0.4, 0.5) is 4.79 Å². The Bertz CT molecular complexity index is 648. The number of likely N-dealkylation sites (tertiary alicyclic amines) is 1. The number of benzene rings is 1. The lowest BCUT2D eigenvalue weighted by atomic mass is 9.85. The van der Waals surface area contributed by atoms with Crippen LogP contribution in [-0.4, -0.2) is 63.9 Å². The van der Waals surface area contributed by atoms with E-state index in [2.05, 4.69) is 30.9 Å². The average molecular weight is 357 g/mol. The third kappa shape index (κ3) is 3.25. The molecule has 0 aliphatic carbocycles. The molecule has 26 heavy (non-hydrogen) atoms. The van der Waals surface area contributed by atoms with Crippen molar-refractivity contribution >= 4 is 11.9 Å². The van der Waals surface area contributed by atoms with E-state index in [0.717, 1.165) is 32.4 Å². The lowest BCUT2D eigenvalue weighted by Crippen LogP contribution is -2.57. The maximum absolute atomic E-state index is 13.3. The van der Waals surface area contributed by atoms with Crippen LogP contribution in [0.5, 0.6) is 0 Å². The fourth-order valence-electron chi connectivity index (χ4n) is 4.28. The van der Waals surface area contributed by atoms with Crippen molar-refractivity contribution in [3.63, 3.8) is 0 Å². The lowest BCUT2D eigenvalue weighted by molar-refractivity contribution is -0.136. The Kier molecular flexibility index (Phi) is 5.37. The van der Waals surface area contributed by atoms with Gasteiger partial charge in [0.05, 0.1) is 0 Å². The van der Waals surface area contributed by atoms with Gasteiger partial charge in [0, 0.05) is 31.7 Å². The van der Waals surface area contributed by atoms with Crippen molar-refractivity contribution in [1.29, 1.82) is 0 Å². The van der Waals surface area contributed by atoms with Gasteiger partial charge in [-0.05, 0) is 52.5 Å². The molecule has 3 amide bonds. The number of imide groups is 1. The lowest BCUT2D eigenvalue weighted by Gasteiger charge is -2.43. The summed E-state index contributed by atoms with van der Waals surface area (Å²) in [6.45, 7) is 10.6. The number of piperidine rings is 1. The second-order valence-electron chi connectivity index (χ2n) is 8.10. The molecule has 0 saturated carbocycles. The summed E-state index contributed by atoms with van der Waals surface area (Å²) in [5.74, 6) is 0.00830. The zero-order valence-electron chi connectivity index (χ0n) is 16.4. The molecule has 2 aliphatic heterocycles. The van der Waals surface area contributed by atoms with Gasteiger partial charge >= 0.3 is 6.03 Å². The van der Waals surface area contributed by atoms with Gasteiger partial charge in [-0.3, -0.25) is 9.69 Å². The number of urea groups is 1. The Morgan fingerprint density at radius 3 is 2.12 bits per heavy atom. The van der Waals surface area contributed by atoms with E-state index in [1.165, 1.54) is 10.5 Å². The van der Waals surface area contributed by atoms with Gasteiger partial charge in [0.15, 0.2) is 0 Å². The molecule has 5 heteroatoms. The van der Waals surface area contributed by atoms with Gasteiger partial charge in [0.2, 0.25) is 0 Å². The van der Waals surface area contributed by atoms with E-state index in [1.54, 1.807) is 0 Å². The van der Waals surface area contributed by atoms with Crippen LogP contribution in [0.15, 0.2) is 30.3 Å². The van der Waals surface area contributed by atoms with Gasteiger partial charge in [-0.1, -0.05) is 30.3 Å². The first-order valence-electron chi connectivity index (χ1n) is 9.80. The van der Waals surface area contributed by atoms with Crippen LogP contribution >= 0.6 is 0 Å². The third-order valence-electron chi connectivity index (χ3n) is 5.91. The molecule has 2 heterocycles. The van der Waals surface area contributed by atoms with Crippen LogP contribution in [0.25, 0.3) is 0 Å². The summed E-state index contributed by atoms with van der Waals surface area (Å²) in [6, 6.07) is 10.5. The molecule has 1 spiro atoms. The molecular weight excluding hydrogens is 326 g/mol. The Morgan fingerprint density at radius 2 is 1.58 bits per heavy atom. The predicted molar refractivity (Wildman–Crippen MR) is 103 cm³/mol. The van der Waals surface area contributed by atoms with Crippen molar-refractivity contribution in [2.45, 2.75) is 64.6 Å². The summed E-state index contributed by atoms with van der Waals surface area (Å²) >= 11 is 0. The first-order chi connectivity index (χ1) is 12.4. The van der Waals surface area contributed by atoms with Gasteiger partial charge in [-0.15, -0.1) is 0 Å². The monoisotopic (exact) mass is 357 g/mol. The average Bonchev–Trinajstić information content (AvgIpc) is 2.81. The number of rotatable bonds is 5. The highest BCUT2D eigenvalue weighted by atomic mass is 16.2. The molecule has 0 atom stereocenters. The Morgan fingerprint density at radius 1 is 0.962 bits per heavy atom. The summed E-state index contributed by atoms with van der Waals surface area (Å²) in [7, 11) is 0. The van der Waals surface area contributed by atoms with Gasteiger partial charge in [-0.2, -0.15) is 0 Å². The normalized spacial score (nSPS) is 20.8. The zero-order chi connectivity index (χ0) is 18.9. The smallest absolute Gasteiger partial charge is 0.309 e. The van der Waals surface area contributed by atoms with Crippen molar-refractivity contribution in [2.24, 2.45) is 0 Å². The maximum Gasteiger partial charge on any atom is 0.327 e. The maximum atomic E-state index is 13.3. The molecule has 3 rings (SSSR count). The van der Waals surface area contributed by atoms with Crippen molar-refractivity contribution in [2.75, 3.05) is 19.6 Å². The minimum Gasteiger partial charge on any atom is -0.309 e. The van der Waals surface area contributed by atoms with Crippen LogP contribution in [-0.2, 0) is 11.2 Å². The molecule has 0 N–H and O–H groups in total. The summed E-state index contributed by atoms with van der Waals surface area (Å²) in [4.78, 5) is 32.1. The Balaban J connectivity index is 1.83. The molecule has 1 aromatic carbocycles. The molecule has 2 fully saturated rings. The Hall–Kier alpha value is -1.88. The van der Waals surface area contributed by atoms with Crippen LogP contribution in [0.2, 0.25) is 0 Å². The van der Waals surface area contributed by atoms with Crippen molar-refractivity contribution in [1.82, 2.24) is 14.7 Å². The molecule has 0 unspecified atom stereocenters. The quantitative estimate of drug-likeness (QED) is 0.761. The number of carbonyl (C=O) groups excluding carboxylic acids is 2. The van der Waals surface area contributed by atoms with E-state index < -0.39 is 5.54 Å². The van der Waals surface area contributed by atoms with E-state index in [4.69, 9.17) is 0 Å². The second-order valence-corrected chi connectivity index (χ2v) is 8.10. The van der Waals surface area contributed by atoms with Crippen molar-refractivity contribution < 1.29 is 9.59 Å². The fourth-order valence-corrected chi connectivity index (χ4v) is 4.28. The van der Waals surface area contributed by atoms with Crippen LogP contribution in [0.1, 0.15) is 46.1 Å². The summed E-state index contributed by atoms with van der Waals surface area (Å²) in [6.07, 6.45) is 2.24. The molecule has 0 bridgehead atoms. The zero-order valence-corrected chi connectivity index (χ0v) is 16.4. The molecule has 2 saturated heterocycles. The number of hydrogen-bond donors (Lipinski definition) is 0. The minimum atomic E-state index is -0.651. The largest absolute Gasteiger partial charge is 0.327 e. The highest BCUT2D eigenvalue weighted by Gasteiger charge is 2.58. The second kappa shape index (κ2) is 7.39. The highest BCUT2D eigenvalue weighted by molar-refractivity contribution is 6.07. The van der Waals surface area contributed by atoms with Crippen molar-refractivity contribution in [3.8, 4) is 0 Å². The molecule has 0 aromatic heterocycles. The van der Waals surface area contributed by atoms with Gasteiger partial charge in [0.1, 0.15) is 5.54 Å². The summed E-state index contributed by atoms with van der Waals surface area (Å²) < 4.78 is 0. The molecule has 1 aromatic rings. The van der Waals surface area contributed by atoms with Gasteiger partial charge in [-0.25, -0.2) is 4.79 Å². The topological polar surface area (TPSA) is 43.9 Å². The summed E-state index contributed by atoms with van der Waals surface area (Å²) in [5.41, 5.74) is 0.548. The fraction of sp³-hybridized carbons (Fsp3) is 0.619. The van der Waals surface area contributed by atoms with Gasteiger partial charge < -0.3 is 9.80 Å². The van der Waals surface area contributed by atoms with E-state index in [9.17, 15) is 9.59 Å². The molecule has 0 radical (unpaired) electrons.